The third-order valence-electron chi connectivity index (χ3n) is 4.78. The molecule has 1 aliphatic carbocycles. The molecule has 1 saturated carbocycles. The van der Waals surface area contributed by atoms with Crippen LogP contribution in [-0.2, 0) is 14.4 Å². The summed E-state index contributed by atoms with van der Waals surface area (Å²) in [5, 5.41) is 0.355. The van der Waals surface area contributed by atoms with Crippen LogP contribution in [-0.4, -0.2) is 29.2 Å². The van der Waals surface area contributed by atoms with Crippen LogP contribution in [0.1, 0.15) is 37.7 Å². The summed E-state index contributed by atoms with van der Waals surface area (Å²) in [6.07, 6.45) is 3.50. The molecule has 0 radical (unpaired) electrons. The summed E-state index contributed by atoms with van der Waals surface area (Å²) in [6, 6.07) is 5.17. The molecule has 0 aromatic heterocycles. The Bertz CT molecular complexity index is 664. The van der Waals surface area contributed by atoms with Crippen molar-refractivity contribution in [3.63, 3.8) is 0 Å². The first kappa shape index (κ1) is 17.0. The Morgan fingerprint density at radius 1 is 1.21 bits per heavy atom. The van der Waals surface area contributed by atoms with E-state index >= 15 is 0 Å². The minimum atomic E-state index is -0.502. The van der Waals surface area contributed by atoms with Crippen molar-refractivity contribution in [1.82, 2.24) is 4.90 Å². The number of halogens is 1. The highest BCUT2D eigenvalue weighted by Gasteiger charge is 2.47. The van der Waals surface area contributed by atoms with Gasteiger partial charge in [0.1, 0.15) is 5.75 Å². The van der Waals surface area contributed by atoms with E-state index in [1.54, 1.807) is 12.1 Å². The van der Waals surface area contributed by atoms with Gasteiger partial charge in [0.2, 0.25) is 11.8 Å². The first-order valence-corrected chi connectivity index (χ1v) is 8.67. The minimum Gasteiger partial charge on any atom is -0.425 e. The van der Waals surface area contributed by atoms with Crippen molar-refractivity contribution < 1.29 is 19.1 Å². The molecule has 1 aromatic carbocycles. The second kappa shape index (κ2) is 6.93. The summed E-state index contributed by atoms with van der Waals surface area (Å²) >= 11 is 6.00. The highest BCUT2D eigenvalue weighted by molar-refractivity contribution is 6.32. The number of aryl methyl sites for hydroxylation is 1. The van der Waals surface area contributed by atoms with Gasteiger partial charge in [0.15, 0.2) is 0 Å². The normalized spacial score (nSPS) is 23.3. The van der Waals surface area contributed by atoms with Gasteiger partial charge < -0.3 is 4.74 Å². The molecule has 2 aliphatic rings. The topological polar surface area (TPSA) is 63.7 Å². The molecule has 5 nitrogen and oxygen atoms in total. The quantitative estimate of drug-likeness (QED) is 0.476. The molecule has 2 amide bonds. The highest BCUT2D eigenvalue weighted by Crippen LogP contribution is 2.38. The first-order chi connectivity index (χ1) is 11.5. The Labute approximate surface area is 145 Å². The number of esters is 1. The molecule has 1 aliphatic heterocycles. The smallest absolute Gasteiger partial charge is 0.313 e. The van der Waals surface area contributed by atoms with E-state index in [9.17, 15) is 14.4 Å². The summed E-state index contributed by atoms with van der Waals surface area (Å²) in [7, 11) is 0. The number of amides is 2. The molecule has 2 atom stereocenters. The van der Waals surface area contributed by atoms with Gasteiger partial charge in [0.25, 0.3) is 0 Å². The third-order valence-corrected chi connectivity index (χ3v) is 5.09. The number of nitrogens with zero attached hydrogens (tertiary/aromatic N) is 1. The van der Waals surface area contributed by atoms with Gasteiger partial charge in [-0.3, -0.25) is 19.3 Å². The molecule has 2 fully saturated rings. The van der Waals surface area contributed by atoms with Crippen molar-refractivity contribution in [3.8, 4) is 5.75 Å². The monoisotopic (exact) mass is 349 g/mol. The molecule has 0 unspecified atom stereocenters. The number of hydrogen-bond acceptors (Lipinski definition) is 4. The fourth-order valence-electron chi connectivity index (χ4n) is 3.52. The lowest BCUT2D eigenvalue weighted by Gasteiger charge is -2.19. The van der Waals surface area contributed by atoms with Crippen LogP contribution in [0.25, 0.3) is 0 Å². The lowest BCUT2D eigenvalue weighted by Crippen LogP contribution is -2.33. The van der Waals surface area contributed by atoms with Gasteiger partial charge in [-0.2, -0.15) is 0 Å². The predicted molar refractivity (Wildman–Crippen MR) is 88.6 cm³/mol. The zero-order valence-corrected chi connectivity index (χ0v) is 14.3. The number of rotatable bonds is 4. The number of ether oxygens (including phenoxy) is 1. The van der Waals surface area contributed by atoms with E-state index in [0.29, 0.717) is 10.8 Å². The Kier molecular flexibility index (Phi) is 4.90. The number of hydrogen-bond donors (Lipinski definition) is 0. The molecule has 1 aromatic rings. The van der Waals surface area contributed by atoms with Crippen molar-refractivity contribution in [1.29, 1.82) is 0 Å². The van der Waals surface area contributed by atoms with E-state index in [-0.39, 0.29) is 36.6 Å². The maximum absolute atomic E-state index is 12.4. The summed E-state index contributed by atoms with van der Waals surface area (Å²) in [4.78, 5) is 38.0. The molecule has 6 heteroatoms. The molecule has 0 spiro atoms. The Hall–Kier alpha value is -1.88. The number of carbonyl (C=O) groups excluding carboxylic acids is 3. The van der Waals surface area contributed by atoms with Crippen LogP contribution < -0.4 is 4.74 Å². The maximum atomic E-state index is 12.4. The molecule has 0 N–H and O–H groups in total. The van der Waals surface area contributed by atoms with Gasteiger partial charge >= 0.3 is 5.97 Å². The van der Waals surface area contributed by atoms with Gasteiger partial charge in [-0.25, -0.2) is 0 Å². The van der Waals surface area contributed by atoms with Crippen molar-refractivity contribution in [2.45, 2.75) is 39.0 Å². The van der Waals surface area contributed by atoms with Gasteiger partial charge in [-0.05, 0) is 37.5 Å². The standard InChI is InChI=1S/C18H20ClNO4/c1-11-6-7-14(19)15(10-11)24-16(21)8-9-20-17(22)12-4-2-3-5-13(12)18(20)23/h6-7,10,12-13H,2-5,8-9H2,1H3/t12-,13-/m1/s1. The molecule has 1 saturated heterocycles. The van der Waals surface area contributed by atoms with Gasteiger partial charge in [-0.1, -0.05) is 30.5 Å². The lowest BCUT2D eigenvalue weighted by atomic mass is 9.81. The van der Waals surface area contributed by atoms with E-state index in [0.717, 1.165) is 31.2 Å². The number of benzene rings is 1. The summed E-state index contributed by atoms with van der Waals surface area (Å²) < 4.78 is 5.25. The predicted octanol–water partition coefficient (Wildman–Crippen LogP) is 3.12. The van der Waals surface area contributed by atoms with Crippen molar-refractivity contribution in [2.24, 2.45) is 11.8 Å². The second-order valence-corrected chi connectivity index (χ2v) is 6.89. The average Bonchev–Trinajstić information content (AvgIpc) is 2.81. The number of carbonyl (C=O) groups is 3. The van der Waals surface area contributed by atoms with E-state index in [4.69, 9.17) is 16.3 Å². The maximum Gasteiger partial charge on any atom is 0.313 e. The summed E-state index contributed by atoms with van der Waals surface area (Å²) in [5.74, 6) is -0.841. The highest BCUT2D eigenvalue weighted by atomic mass is 35.5. The molecular formula is C18H20ClNO4. The van der Waals surface area contributed by atoms with Crippen LogP contribution >= 0.6 is 11.6 Å². The van der Waals surface area contributed by atoms with Gasteiger partial charge in [0, 0.05) is 6.54 Å². The van der Waals surface area contributed by atoms with Crippen LogP contribution in [0.5, 0.6) is 5.75 Å². The van der Waals surface area contributed by atoms with Crippen LogP contribution in [0.2, 0.25) is 5.02 Å². The molecular weight excluding hydrogens is 330 g/mol. The van der Waals surface area contributed by atoms with Gasteiger partial charge in [-0.15, -0.1) is 0 Å². The fraction of sp³-hybridized carbons (Fsp3) is 0.500. The Morgan fingerprint density at radius 2 is 1.83 bits per heavy atom. The largest absolute Gasteiger partial charge is 0.425 e. The average molecular weight is 350 g/mol. The van der Waals surface area contributed by atoms with Crippen LogP contribution in [0.3, 0.4) is 0 Å². The van der Waals surface area contributed by atoms with Crippen LogP contribution in [0.4, 0.5) is 0 Å². The number of likely N-dealkylation sites (tertiary alicyclic amines) is 1. The van der Waals surface area contributed by atoms with E-state index < -0.39 is 5.97 Å². The van der Waals surface area contributed by atoms with E-state index in [1.807, 2.05) is 13.0 Å². The molecule has 24 heavy (non-hydrogen) atoms. The zero-order valence-electron chi connectivity index (χ0n) is 13.6. The third kappa shape index (κ3) is 3.31. The first-order valence-electron chi connectivity index (χ1n) is 8.29. The van der Waals surface area contributed by atoms with E-state index in [1.165, 1.54) is 4.90 Å². The van der Waals surface area contributed by atoms with Crippen LogP contribution in [0, 0.1) is 18.8 Å². The van der Waals surface area contributed by atoms with Crippen molar-refractivity contribution in [2.75, 3.05) is 6.54 Å². The van der Waals surface area contributed by atoms with Crippen molar-refractivity contribution in [3.05, 3.63) is 28.8 Å². The van der Waals surface area contributed by atoms with Crippen molar-refractivity contribution >= 4 is 29.4 Å². The summed E-state index contributed by atoms with van der Waals surface area (Å²) in [5.41, 5.74) is 0.927. The fourth-order valence-corrected chi connectivity index (χ4v) is 3.67. The second-order valence-electron chi connectivity index (χ2n) is 6.48. The van der Waals surface area contributed by atoms with Gasteiger partial charge in [0.05, 0.1) is 23.3 Å². The molecule has 1 heterocycles. The van der Waals surface area contributed by atoms with Crippen LogP contribution in [0.15, 0.2) is 18.2 Å². The molecule has 0 bridgehead atoms. The molecule has 3 rings (SSSR count). The summed E-state index contributed by atoms with van der Waals surface area (Å²) in [6.45, 7) is 1.95. The number of imide groups is 1. The Morgan fingerprint density at radius 3 is 2.46 bits per heavy atom. The SMILES string of the molecule is Cc1ccc(Cl)c(OC(=O)CCN2C(=O)[C@@H]3CCCC[C@H]3C2=O)c1. The zero-order chi connectivity index (χ0) is 17.3. The minimum absolute atomic E-state index is 0.0266. The Balaban J connectivity index is 1.59. The lowest BCUT2D eigenvalue weighted by molar-refractivity contribution is -0.141. The molecule has 128 valence electrons. The van der Waals surface area contributed by atoms with E-state index in [2.05, 4.69) is 0 Å². The number of fused-ring (bicyclic) bond motifs is 1.